The predicted octanol–water partition coefficient (Wildman–Crippen LogP) is 1.25. The summed E-state index contributed by atoms with van der Waals surface area (Å²) >= 11 is 0. The molecular formula is C13H21N5O2. The molecule has 0 aliphatic carbocycles. The van der Waals surface area contributed by atoms with Crippen molar-refractivity contribution in [3.8, 4) is 6.07 Å². The maximum Gasteiger partial charge on any atom is 0.238 e. The van der Waals surface area contributed by atoms with Gasteiger partial charge in [-0.05, 0) is 27.2 Å². The van der Waals surface area contributed by atoms with Crippen LogP contribution in [0, 0.1) is 18.3 Å². The second-order valence-electron chi connectivity index (χ2n) is 4.74. The van der Waals surface area contributed by atoms with Gasteiger partial charge in [0.05, 0.1) is 11.8 Å². The third kappa shape index (κ3) is 4.55. The zero-order valence-corrected chi connectivity index (χ0v) is 12.4. The smallest absolute Gasteiger partial charge is 0.238 e. The van der Waals surface area contributed by atoms with E-state index >= 15 is 0 Å². The van der Waals surface area contributed by atoms with Crippen LogP contribution in [0.15, 0.2) is 0 Å². The van der Waals surface area contributed by atoms with Crippen molar-refractivity contribution in [2.75, 3.05) is 12.0 Å². The number of nitrogens with zero attached hydrogens (tertiary/aromatic N) is 3. The molecule has 0 radical (unpaired) electrons. The van der Waals surface area contributed by atoms with Crippen LogP contribution >= 0.6 is 0 Å². The lowest BCUT2D eigenvalue weighted by molar-refractivity contribution is -0.121. The molecule has 2 N–H and O–H groups in total. The number of ether oxygens (including phenoxy) is 1. The highest BCUT2D eigenvalue weighted by atomic mass is 16.5. The Morgan fingerprint density at radius 2 is 2.25 bits per heavy atom. The van der Waals surface area contributed by atoms with Gasteiger partial charge in [-0.15, -0.1) is 0 Å². The molecule has 1 heterocycles. The van der Waals surface area contributed by atoms with Gasteiger partial charge >= 0.3 is 0 Å². The number of hydrogen-bond acceptors (Lipinski definition) is 5. The molecule has 1 aromatic heterocycles. The van der Waals surface area contributed by atoms with Crippen LogP contribution in [0.5, 0.6) is 0 Å². The van der Waals surface area contributed by atoms with E-state index in [9.17, 15) is 4.79 Å². The van der Waals surface area contributed by atoms with Gasteiger partial charge in [0.15, 0.2) is 5.82 Å². The minimum absolute atomic E-state index is 0.153. The second-order valence-corrected chi connectivity index (χ2v) is 4.74. The second kappa shape index (κ2) is 7.50. The van der Waals surface area contributed by atoms with E-state index in [0.29, 0.717) is 36.5 Å². The molecule has 0 aliphatic heterocycles. The number of carbonyl (C=O) groups is 1. The third-order valence-corrected chi connectivity index (χ3v) is 2.65. The van der Waals surface area contributed by atoms with Crippen molar-refractivity contribution in [3.63, 3.8) is 0 Å². The van der Waals surface area contributed by atoms with Crippen LogP contribution in [0.3, 0.4) is 0 Å². The first kappa shape index (κ1) is 16.0. The van der Waals surface area contributed by atoms with Gasteiger partial charge in [-0.3, -0.25) is 20.3 Å². The maximum absolute atomic E-state index is 11.6. The summed E-state index contributed by atoms with van der Waals surface area (Å²) in [4.78, 5) is 11.6. The Bertz CT molecular complexity index is 502. The topological polar surface area (TPSA) is 92.0 Å². The molecule has 7 nitrogen and oxygen atoms in total. The van der Waals surface area contributed by atoms with Gasteiger partial charge in [-0.25, -0.2) is 0 Å². The molecule has 0 spiro atoms. The molecule has 7 heteroatoms. The summed E-state index contributed by atoms with van der Waals surface area (Å²) in [5, 5.41) is 13.1. The van der Waals surface area contributed by atoms with E-state index in [0.717, 1.165) is 0 Å². The van der Waals surface area contributed by atoms with Gasteiger partial charge in [0.2, 0.25) is 5.91 Å². The van der Waals surface area contributed by atoms with Gasteiger partial charge in [-0.1, -0.05) is 0 Å². The molecule has 0 aromatic carbocycles. The normalized spacial score (nSPS) is 10.4. The molecular weight excluding hydrogens is 258 g/mol. The Morgan fingerprint density at radius 1 is 1.55 bits per heavy atom. The molecule has 0 fully saturated rings. The van der Waals surface area contributed by atoms with Gasteiger partial charge in [0.1, 0.15) is 11.6 Å². The Labute approximate surface area is 118 Å². The number of anilines is 1. The Kier molecular flexibility index (Phi) is 6.00. The van der Waals surface area contributed by atoms with Gasteiger partial charge in [-0.2, -0.15) is 10.4 Å². The number of hydrogen-bond donors (Lipinski definition) is 2. The number of aryl methyl sites for hydroxylation is 2. The Hall–Kier alpha value is -2.07. The fourth-order valence-electron chi connectivity index (χ4n) is 1.68. The molecule has 0 bridgehead atoms. The number of aromatic nitrogens is 2. The standard InChI is InChI=1S/C13H21N5O2/c1-9(2)20-7-5-6-12(19)15-16-13-11(8-14)10(3)17-18(13)4/h9,16H,5-7H2,1-4H3,(H,15,19). The van der Waals surface area contributed by atoms with Crippen molar-refractivity contribution in [3.05, 3.63) is 11.3 Å². The largest absolute Gasteiger partial charge is 0.379 e. The zero-order chi connectivity index (χ0) is 15.1. The van der Waals surface area contributed by atoms with E-state index in [4.69, 9.17) is 10.00 Å². The van der Waals surface area contributed by atoms with Crippen molar-refractivity contribution in [2.24, 2.45) is 7.05 Å². The summed E-state index contributed by atoms with van der Waals surface area (Å²) in [6.45, 7) is 6.21. The monoisotopic (exact) mass is 279 g/mol. The molecule has 1 rings (SSSR count). The predicted molar refractivity (Wildman–Crippen MR) is 74.7 cm³/mol. The van der Waals surface area contributed by atoms with Crippen LogP contribution in [0.1, 0.15) is 37.9 Å². The highest BCUT2D eigenvalue weighted by Crippen LogP contribution is 2.16. The molecule has 1 amide bonds. The fraction of sp³-hybridized carbons (Fsp3) is 0.615. The number of amides is 1. The first-order valence-corrected chi connectivity index (χ1v) is 6.55. The maximum atomic E-state index is 11.6. The van der Waals surface area contributed by atoms with Gasteiger partial charge in [0, 0.05) is 20.1 Å². The SMILES string of the molecule is Cc1nn(C)c(NNC(=O)CCCOC(C)C)c1C#N. The molecule has 0 saturated carbocycles. The average molecular weight is 279 g/mol. The van der Waals surface area contributed by atoms with Crippen LogP contribution in [-0.2, 0) is 16.6 Å². The van der Waals surface area contributed by atoms with Crippen LogP contribution in [0.25, 0.3) is 0 Å². The lowest BCUT2D eigenvalue weighted by Gasteiger charge is -2.10. The first-order valence-electron chi connectivity index (χ1n) is 6.55. The van der Waals surface area contributed by atoms with Crippen LogP contribution in [-0.4, -0.2) is 28.4 Å². The van der Waals surface area contributed by atoms with Crippen molar-refractivity contribution in [1.82, 2.24) is 15.2 Å². The minimum Gasteiger partial charge on any atom is -0.379 e. The number of hydrazine groups is 1. The molecule has 0 atom stereocenters. The van der Waals surface area contributed by atoms with Crippen LogP contribution in [0.2, 0.25) is 0 Å². The Morgan fingerprint density at radius 3 is 2.85 bits per heavy atom. The lowest BCUT2D eigenvalue weighted by Crippen LogP contribution is -2.30. The van der Waals surface area contributed by atoms with E-state index < -0.39 is 0 Å². The summed E-state index contributed by atoms with van der Waals surface area (Å²) in [6, 6.07) is 2.06. The van der Waals surface area contributed by atoms with Crippen molar-refractivity contribution >= 4 is 11.7 Å². The molecule has 20 heavy (non-hydrogen) atoms. The van der Waals surface area contributed by atoms with Gasteiger partial charge < -0.3 is 4.74 Å². The summed E-state index contributed by atoms with van der Waals surface area (Å²) in [6.07, 6.45) is 1.19. The van der Waals surface area contributed by atoms with E-state index in [-0.39, 0.29) is 12.0 Å². The number of nitrogens with one attached hydrogen (secondary N) is 2. The van der Waals surface area contributed by atoms with E-state index in [1.807, 2.05) is 13.8 Å². The minimum atomic E-state index is -0.153. The quantitative estimate of drug-likeness (QED) is 0.579. The highest BCUT2D eigenvalue weighted by molar-refractivity contribution is 5.77. The summed E-state index contributed by atoms with van der Waals surface area (Å²) in [5.74, 6) is 0.330. The molecule has 0 aliphatic rings. The number of rotatable bonds is 7. The van der Waals surface area contributed by atoms with E-state index in [2.05, 4.69) is 22.0 Å². The van der Waals surface area contributed by atoms with E-state index in [1.54, 1.807) is 14.0 Å². The van der Waals surface area contributed by atoms with Crippen LogP contribution < -0.4 is 10.9 Å². The van der Waals surface area contributed by atoms with Crippen molar-refractivity contribution in [1.29, 1.82) is 5.26 Å². The summed E-state index contributed by atoms with van der Waals surface area (Å²) in [5.41, 5.74) is 6.35. The highest BCUT2D eigenvalue weighted by Gasteiger charge is 2.13. The van der Waals surface area contributed by atoms with Crippen molar-refractivity contribution < 1.29 is 9.53 Å². The number of carbonyl (C=O) groups excluding carboxylic acids is 1. The third-order valence-electron chi connectivity index (χ3n) is 2.65. The lowest BCUT2D eigenvalue weighted by atomic mass is 10.3. The average Bonchev–Trinajstić information content (AvgIpc) is 2.65. The Balaban J connectivity index is 2.40. The molecule has 1 aromatic rings. The first-order chi connectivity index (χ1) is 9.45. The summed E-state index contributed by atoms with van der Waals surface area (Å²) < 4.78 is 6.88. The molecule has 110 valence electrons. The fourth-order valence-corrected chi connectivity index (χ4v) is 1.68. The molecule has 0 saturated heterocycles. The summed E-state index contributed by atoms with van der Waals surface area (Å²) in [7, 11) is 1.71. The van der Waals surface area contributed by atoms with Gasteiger partial charge in [0.25, 0.3) is 0 Å². The van der Waals surface area contributed by atoms with Crippen molar-refractivity contribution in [2.45, 2.75) is 39.7 Å². The van der Waals surface area contributed by atoms with E-state index in [1.165, 1.54) is 4.68 Å². The zero-order valence-electron chi connectivity index (χ0n) is 12.4. The van der Waals surface area contributed by atoms with Crippen LogP contribution in [0.4, 0.5) is 5.82 Å². The molecule has 0 unspecified atom stereocenters. The number of nitriles is 1.